The van der Waals surface area contributed by atoms with Crippen LogP contribution in [0.5, 0.6) is 0 Å². The normalized spacial score (nSPS) is 26.6. The van der Waals surface area contributed by atoms with Crippen LogP contribution in [0.4, 0.5) is 0 Å². The lowest BCUT2D eigenvalue weighted by Crippen LogP contribution is -2.57. The van der Waals surface area contributed by atoms with Gasteiger partial charge in [-0.1, -0.05) is 0 Å². The number of nitrogens with zero attached hydrogens (tertiary/aromatic N) is 2. The van der Waals surface area contributed by atoms with Gasteiger partial charge in [-0.15, -0.1) is 0 Å². The quantitative estimate of drug-likeness (QED) is 0.847. The third kappa shape index (κ3) is 3.84. The average molecular weight is 237 g/mol. The van der Waals surface area contributed by atoms with E-state index in [9.17, 15) is 0 Å². The van der Waals surface area contributed by atoms with Gasteiger partial charge in [0.25, 0.3) is 0 Å². The van der Waals surface area contributed by atoms with Crippen LogP contribution in [0.3, 0.4) is 0 Å². The molecule has 1 aliphatic rings. The third-order valence-corrected chi connectivity index (χ3v) is 3.08. The van der Waals surface area contributed by atoms with Crippen molar-refractivity contribution in [2.45, 2.75) is 25.6 Å². The van der Waals surface area contributed by atoms with Crippen molar-refractivity contribution < 1.29 is 4.42 Å². The molecule has 1 saturated heterocycles. The summed E-state index contributed by atoms with van der Waals surface area (Å²) in [7, 11) is 4.25. The van der Waals surface area contributed by atoms with Crippen molar-refractivity contribution in [1.29, 1.82) is 0 Å². The van der Waals surface area contributed by atoms with E-state index in [2.05, 4.69) is 36.1 Å². The number of hydrogen-bond acceptors (Lipinski definition) is 4. The lowest BCUT2D eigenvalue weighted by atomic mass is 10.1. The molecule has 1 aromatic heterocycles. The zero-order valence-corrected chi connectivity index (χ0v) is 11.0. The van der Waals surface area contributed by atoms with Gasteiger partial charge in [0.2, 0.25) is 0 Å². The highest BCUT2D eigenvalue weighted by Crippen LogP contribution is 2.11. The van der Waals surface area contributed by atoms with Gasteiger partial charge in [0, 0.05) is 31.7 Å². The molecule has 2 unspecified atom stereocenters. The molecule has 0 amide bonds. The monoisotopic (exact) mass is 237 g/mol. The Morgan fingerprint density at radius 2 is 2.29 bits per heavy atom. The molecule has 0 radical (unpaired) electrons. The molecular weight excluding hydrogens is 214 g/mol. The molecule has 4 nitrogen and oxygen atoms in total. The fourth-order valence-corrected chi connectivity index (χ4v) is 2.58. The molecule has 17 heavy (non-hydrogen) atoms. The molecule has 2 atom stereocenters. The van der Waals surface area contributed by atoms with Crippen LogP contribution in [0, 0.1) is 0 Å². The third-order valence-electron chi connectivity index (χ3n) is 3.08. The molecule has 0 bridgehead atoms. The molecule has 1 aliphatic heterocycles. The van der Waals surface area contributed by atoms with Crippen molar-refractivity contribution in [2.24, 2.45) is 0 Å². The zero-order valence-electron chi connectivity index (χ0n) is 11.0. The van der Waals surface area contributed by atoms with Crippen LogP contribution in [-0.4, -0.2) is 55.6 Å². The Morgan fingerprint density at radius 1 is 1.47 bits per heavy atom. The van der Waals surface area contributed by atoms with Crippen LogP contribution in [0.1, 0.15) is 12.7 Å². The Labute approximate surface area is 104 Å². The standard InChI is InChI=1S/C13H23N3O/c1-11-7-16(10-13-5-4-6-17-13)9-12(14-11)8-15(2)3/h4-6,11-12,14H,7-10H2,1-3H3. The van der Waals surface area contributed by atoms with Gasteiger partial charge in [0.1, 0.15) is 5.76 Å². The molecular formula is C13H23N3O. The van der Waals surface area contributed by atoms with Crippen LogP contribution in [0.2, 0.25) is 0 Å². The first-order chi connectivity index (χ1) is 8.13. The lowest BCUT2D eigenvalue weighted by Gasteiger charge is -2.38. The summed E-state index contributed by atoms with van der Waals surface area (Å²) < 4.78 is 5.42. The van der Waals surface area contributed by atoms with E-state index in [1.54, 1.807) is 6.26 Å². The number of likely N-dealkylation sites (N-methyl/N-ethyl adjacent to an activating group) is 1. The molecule has 0 spiro atoms. The number of piperazine rings is 1. The topological polar surface area (TPSA) is 31.7 Å². The fraction of sp³-hybridized carbons (Fsp3) is 0.692. The van der Waals surface area contributed by atoms with Crippen LogP contribution in [-0.2, 0) is 6.54 Å². The molecule has 4 heteroatoms. The van der Waals surface area contributed by atoms with Crippen LogP contribution < -0.4 is 5.32 Å². The van der Waals surface area contributed by atoms with Gasteiger partial charge >= 0.3 is 0 Å². The van der Waals surface area contributed by atoms with Crippen LogP contribution in [0.15, 0.2) is 22.8 Å². The van der Waals surface area contributed by atoms with E-state index in [0.29, 0.717) is 12.1 Å². The maximum Gasteiger partial charge on any atom is 0.117 e. The maximum absolute atomic E-state index is 5.42. The second kappa shape index (κ2) is 5.67. The first-order valence-corrected chi connectivity index (χ1v) is 6.29. The van der Waals surface area contributed by atoms with E-state index in [1.165, 1.54) is 0 Å². The van der Waals surface area contributed by atoms with E-state index in [-0.39, 0.29) is 0 Å². The summed E-state index contributed by atoms with van der Waals surface area (Å²) in [5.74, 6) is 1.06. The molecule has 2 rings (SSSR count). The molecule has 2 heterocycles. The smallest absolute Gasteiger partial charge is 0.117 e. The second-order valence-electron chi connectivity index (χ2n) is 5.30. The zero-order chi connectivity index (χ0) is 12.3. The highest BCUT2D eigenvalue weighted by atomic mass is 16.3. The van der Waals surface area contributed by atoms with Gasteiger partial charge in [0.05, 0.1) is 12.8 Å². The molecule has 1 N–H and O–H groups in total. The number of nitrogens with one attached hydrogen (secondary N) is 1. The van der Waals surface area contributed by atoms with Crippen molar-refractivity contribution in [1.82, 2.24) is 15.1 Å². The predicted molar refractivity (Wildman–Crippen MR) is 68.9 cm³/mol. The molecule has 1 fully saturated rings. The highest BCUT2D eigenvalue weighted by molar-refractivity contribution is 4.99. The van der Waals surface area contributed by atoms with Crippen molar-refractivity contribution in [3.05, 3.63) is 24.2 Å². The Hall–Kier alpha value is -0.840. The Morgan fingerprint density at radius 3 is 2.94 bits per heavy atom. The van der Waals surface area contributed by atoms with Crippen molar-refractivity contribution >= 4 is 0 Å². The first kappa shape index (κ1) is 12.6. The van der Waals surface area contributed by atoms with E-state index in [1.807, 2.05) is 12.1 Å². The van der Waals surface area contributed by atoms with E-state index < -0.39 is 0 Å². The Kier molecular flexibility index (Phi) is 4.20. The SMILES string of the molecule is CC1CN(Cc2ccco2)CC(CN(C)C)N1. The van der Waals surface area contributed by atoms with Crippen LogP contribution in [0.25, 0.3) is 0 Å². The highest BCUT2D eigenvalue weighted by Gasteiger charge is 2.24. The van der Waals surface area contributed by atoms with E-state index in [4.69, 9.17) is 4.42 Å². The average Bonchev–Trinajstić information content (AvgIpc) is 2.67. The minimum atomic E-state index is 0.545. The number of rotatable bonds is 4. The van der Waals surface area contributed by atoms with Gasteiger partial charge in [0.15, 0.2) is 0 Å². The molecule has 0 aliphatic carbocycles. The largest absolute Gasteiger partial charge is 0.468 e. The molecule has 96 valence electrons. The van der Waals surface area contributed by atoms with Gasteiger partial charge in [-0.25, -0.2) is 0 Å². The summed E-state index contributed by atoms with van der Waals surface area (Å²) >= 11 is 0. The van der Waals surface area contributed by atoms with E-state index in [0.717, 1.165) is 31.9 Å². The minimum Gasteiger partial charge on any atom is -0.468 e. The lowest BCUT2D eigenvalue weighted by molar-refractivity contribution is 0.135. The van der Waals surface area contributed by atoms with Crippen molar-refractivity contribution in [3.8, 4) is 0 Å². The van der Waals surface area contributed by atoms with Crippen molar-refractivity contribution in [2.75, 3.05) is 33.7 Å². The summed E-state index contributed by atoms with van der Waals surface area (Å²) in [5.41, 5.74) is 0. The first-order valence-electron chi connectivity index (χ1n) is 6.29. The maximum atomic E-state index is 5.42. The van der Waals surface area contributed by atoms with Crippen molar-refractivity contribution in [3.63, 3.8) is 0 Å². The van der Waals surface area contributed by atoms with Gasteiger partial charge in [-0.3, -0.25) is 4.90 Å². The number of hydrogen-bond donors (Lipinski definition) is 1. The predicted octanol–water partition coefficient (Wildman–Crippen LogP) is 1.00. The number of furan rings is 1. The summed E-state index contributed by atoms with van der Waals surface area (Å²) in [6, 6.07) is 5.10. The fourth-order valence-electron chi connectivity index (χ4n) is 2.58. The summed E-state index contributed by atoms with van der Waals surface area (Å²) in [6.45, 7) is 6.42. The summed E-state index contributed by atoms with van der Waals surface area (Å²) in [5, 5.41) is 3.64. The molecule has 1 aromatic rings. The summed E-state index contributed by atoms with van der Waals surface area (Å²) in [4.78, 5) is 4.70. The van der Waals surface area contributed by atoms with Gasteiger partial charge in [-0.05, 0) is 33.2 Å². The Balaban J connectivity index is 1.89. The molecule has 0 saturated carbocycles. The van der Waals surface area contributed by atoms with E-state index >= 15 is 0 Å². The van der Waals surface area contributed by atoms with Gasteiger partial charge in [-0.2, -0.15) is 0 Å². The summed E-state index contributed by atoms with van der Waals surface area (Å²) in [6.07, 6.45) is 1.75. The molecule has 0 aromatic carbocycles. The van der Waals surface area contributed by atoms with Crippen LogP contribution >= 0.6 is 0 Å². The Bertz CT molecular complexity index is 321. The minimum absolute atomic E-state index is 0.545. The van der Waals surface area contributed by atoms with Gasteiger partial charge < -0.3 is 14.6 Å². The second-order valence-corrected chi connectivity index (χ2v) is 5.30.